The predicted molar refractivity (Wildman–Crippen MR) is 86.7 cm³/mol. The number of rotatable bonds is 2. The van der Waals surface area contributed by atoms with E-state index in [9.17, 15) is 4.79 Å². The minimum absolute atomic E-state index is 0.101. The van der Waals surface area contributed by atoms with Crippen molar-refractivity contribution in [2.24, 2.45) is 0 Å². The van der Waals surface area contributed by atoms with Gasteiger partial charge in [0.15, 0.2) is 0 Å². The lowest BCUT2D eigenvalue weighted by molar-refractivity contribution is 0.00150. The molecule has 0 radical (unpaired) electrons. The molecule has 1 N–H and O–H groups in total. The summed E-state index contributed by atoms with van der Waals surface area (Å²) in [5.74, 6) is 0. The van der Waals surface area contributed by atoms with Gasteiger partial charge in [0.2, 0.25) is 0 Å². The Balaban J connectivity index is 1.54. The quantitative estimate of drug-likeness (QED) is 0.908. The molecular weight excluding hydrogens is 276 g/mol. The smallest absolute Gasteiger partial charge is 0.317 e. The summed E-state index contributed by atoms with van der Waals surface area (Å²) >= 11 is 0. The van der Waals surface area contributed by atoms with Gasteiger partial charge in [-0.2, -0.15) is 0 Å². The van der Waals surface area contributed by atoms with Crippen molar-refractivity contribution in [1.82, 2.24) is 10.2 Å². The standard InChI is InChI=1S/C18H26N2O2/c21-18(20-11-6-1-2-7-12-20)19-16-10-13-22-17(14-16)15-8-4-3-5-9-15/h3-5,8-9,16-17H,1-2,6-7,10-14H2,(H,19,21). The average molecular weight is 302 g/mol. The van der Waals surface area contributed by atoms with E-state index in [1.165, 1.54) is 18.4 Å². The summed E-state index contributed by atoms with van der Waals surface area (Å²) in [5.41, 5.74) is 1.20. The summed E-state index contributed by atoms with van der Waals surface area (Å²) in [6, 6.07) is 10.6. The van der Waals surface area contributed by atoms with Gasteiger partial charge < -0.3 is 15.0 Å². The molecule has 2 heterocycles. The highest BCUT2D eigenvalue weighted by Crippen LogP contribution is 2.28. The maximum Gasteiger partial charge on any atom is 0.317 e. The van der Waals surface area contributed by atoms with Crippen LogP contribution in [0.2, 0.25) is 0 Å². The number of carbonyl (C=O) groups is 1. The van der Waals surface area contributed by atoms with Crippen molar-refractivity contribution in [1.29, 1.82) is 0 Å². The van der Waals surface area contributed by atoms with Crippen LogP contribution in [-0.2, 0) is 4.74 Å². The molecule has 22 heavy (non-hydrogen) atoms. The van der Waals surface area contributed by atoms with E-state index in [2.05, 4.69) is 17.4 Å². The van der Waals surface area contributed by atoms with Gasteiger partial charge in [-0.15, -0.1) is 0 Å². The van der Waals surface area contributed by atoms with E-state index in [1.807, 2.05) is 23.1 Å². The van der Waals surface area contributed by atoms with Gasteiger partial charge >= 0.3 is 6.03 Å². The van der Waals surface area contributed by atoms with Crippen molar-refractivity contribution >= 4 is 6.03 Å². The van der Waals surface area contributed by atoms with E-state index in [-0.39, 0.29) is 18.2 Å². The maximum absolute atomic E-state index is 12.4. The molecule has 2 unspecified atom stereocenters. The largest absolute Gasteiger partial charge is 0.373 e. The molecule has 3 rings (SSSR count). The molecule has 2 saturated heterocycles. The van der Waals surface area contributed by atoms with Gasteiger partial charge in [-0.1, -0.05) is 43.2 Å². The van der Waals surface area contributed by atoms with E-state index in [0.29, 0.717) is 6.61 Å². The molecule has 0 aliphatic carbocycles. The SMILES string of the molecule is O=C(NC1CCOC(c2ccccc2)C1)N1CCCCCC1. The first-order chi connectivity index (χ1) is 10.8. The van der Waals surface area contributed by atoms with Crippen LogP contribution in [0.25, 0.3) is 0 Å². The van der Waals surface area contributed by atoms with Crippen LogP contribution in [-0.4, -0.2) is 36.7 Å². The molecule has 1 aromatic rings. The maximum atomic E-state index is 12.4. The monoisotopic (exact) mass is 302 g/mol. The third-order valence-electron chi connectivity index (χ3n) is 4.68. The number of benzene rings is 1. The zero-order valence-corrected chi connectivity index (χ0v) is 13.2. The van der Waals surface area contributed by atoms with Gasteiger partial charge in [-0.05, 0) is 31.2 Å². The Morgan fingerprint density at radius 3 is 2.55 bits per heavy atom. The lowest BCUT2D eigenvalue weighted by Gasteiger charge is -2.32. The van der Waals surface area contributed by atoms with Gasteiger partial charge in [-0.3, -0.25) is 0 Å². The van der Waals surface area contributed by atoms with E-state index in [1.54, 1.807) is 0 Å². The predicted octanol–water partition coefficient (Wildman–Crippen LogP) is 3.49. The number of nitrogens with zero attached hydrogens (tertiary/aromatic N) is 1. The number of urea groups is 1. The summed E-state index contributed by atoms with van der Waals surface area (Å²) in [6.45, 7) is 2.51. The Morgan fingerprint density at radius 1 is 1.09 bits per heavy atom. The molecule has 0 aromatic heterocycles. The fourth-order valence-corrected chi connectivity index (χ4v) is 3.37. The van der Waals surface area contributed by atoms with Crippen molar-refractivity contribution in [3.63, 3.8) is 0 Å². The van der Waals surface area contributed by atoms with Crippen LogP contribution in [0.1, 0.15) is 50.2 Å². The second-order valence-corrected chi connectivity index (χ2v) is 6.34. The highest BCUT2D eigenvalue weighted by atomic mass is 16.5. The molecule has 0 spiro atoms. The number of carbonyl (C=O) groups excluding carboxylic acids is 1. The Morgan fingerprint density at radius 2 is 1.82 bits per heavy atom. The number of hydrogen-bond donors (Lipinski definition) is 1. The fourth-order valence-electron chi connectivity index (χ4n) is 3.37. The van der Waals surface area contributed by atoms with Gasteiger partial charge in [0.25, 0.3) is 0 Å². The molecule has 2 fully saturated rings. The molecule has 2 aliphatic rings. The first-order valence-electron chi connectivity index (χ1n) is 8.55. The van der Waals surface area contributed by atoms with Gasteiger partial charge in [0, 0.05) is 25.7 Å². The Labute approximate surface area is 132 Å². The van der Waals surface area contributed by atoms with Crippen molar-refractivity contribution in [2.75, 3.05) is 19.7 Å². The van der Waals surface area contributed by atoms with Gasteiger partial charge in [0.05, 0.1) is 6.10 Å². The van der Waals surface area contributed by atoms with Crippen LogP contribution < -0.4 is 5.32 Å². The van der Waals surface area contributed by atoms with Crippen LogP contribution in [0.5, 0.6) is 0 Å². The Hall–Kier alpha value is -1.55. The van der Waals surface area contributed by atoms with E-state index in [4.69, 9.17) is 4.74 Å². The average Bonchev–Trinajstić information content (AvgIpc) is 2.85. The van der Waals surface area contributed by atoms with Gasteiger partial charge in [0.1, 0.15) is 0 Å². The number of nitrogens with one attached hydrogen (secondary N) is 1. The molecule has 120 valence electrons. The molecule has 1 aromatic carbocycles. The van der Waals surface area contributed by atoms with Gasteiger partial charge in [-0.25, -0.2) is 4.79 Å². The zero-order chi connectivity index (χ0) is 15.2. The van der Waals surface area contributed by atoms with Crippen LogP contribution in [0, 0.1) is 0 Å². The van der Waals surface area contributed by atoms with Crippen molar-refractivity contribution in [2.45, 2.75) is 50.7 Å². The van der Waals surface area contributed by atoms with Crippen molar-refractivity contribution in [3.8, 4) is 0 Å². The fraction of sp³-hybridized carbons (Fsp3) is 0.611. The molecule has 4 nitrogen and oxygen atoms in total. The Bertz CT molecular complexity index is 469. The summed E-state index contributed by atoms with van der Waals surface area (Å²) < 4.78 is 5.88. The number of ether oxygens (including phenoxy) is 1. The normalized spacial score (nSPS) is 26.3. The molecule has 2 aliphatic heterocycles. The number of hydrogen-bond acceptors (Lipinski definition) is 2. The summed E-state index contributed by atoms with van der Waals surface area (Å²) in [4.78, 5) is 14.4. The van der Waals surface area contributed by atoms with Crippen molar-refractivity contribution < 1.29 is 9.53 Å². The molecule has 2 atom stereocenters. The molecule has 4 heteroatoms. The van der Waals surface area contributed by atoms with E-state index < -0.39 is 0 Å². The lowest BCUT2D eigenvalue weighted by atomic mass is 9.97. The molecular formula is C18H26N2O2. The second-order valence-electron chi connectivity index (χ2n) is 6.34. The molecule has 0 bridgehead atoms. The second kappa shape index (κ2) is 7.63. The summed E-state index contributed by atoms with van der Waals surface area (Å²) in [6.07, 6.45) is 6.63. The summed E-state index contributed by atoms with van der Waals surface area (Å²) in [7, 11) is 0. The first-order valence-corrected chi connectivity index (χ1v) is 8.55. The highest BCUT2D eigenvalue weighted by Gasteiger charge is 2.26. The minimum atomic E-state index is 0.101. The third-order valence-corrected chi connectivity index (χ3v) is 4.68. The third kappa shape index (κ3) is 4.01. The topological polar surface area (TPSA) is 41.6 Å². The number of amides is 2. The minimum Gasteiger partial charge on any atom is -0.373 e. The van der Waals surface area contributed by atoms with Crippen LogP contribution in [0.15, 0.2) is 30.3 Å². The van der Waals surface area contributed by atoms with E-state index in [0.717, 1.165) is 38.8 Å². The van der Waals surface area contributed by atoms with Crippen LogP contribution >= 0.6 is 0 Å². The lowest BCUT2D eigenvalue weighted by Crippen LogP contribution is -2.47. The van der Waals surface area contributed by atoms with E-state index >= 15 is 0 Å². The van der Waals surface area contributed by atoms with Crippen LogP contribution in [0.3, 0.4) is 0 Å². The molecule has 2 amide bonds. The number of likely N-dealkylation sites (tertiary alicyclic amines) is 1. The Kier molecular flexibility index (Phi) is 5.33. The first kappa shape index (κ1) is 15.3. The zero-order valence-electron chi connectivity index (χ0n) is 13.2. The highest BCUT2D eigenvalue weighted by molar-refractivity contribution is 5.74. The molecule has 0 saturated carbocycles. The van der Waals surface area contributed by atoms with Crippen LogP contribution in [0.4, 0.5) is 4.79 Å². The van der Waals surface area contributed by atoms with Crippen molar-refractivity contribution in [3.05, 3.63) is 35.9 Å². The summed E-state index contributed by atoms with van der Waals surface area (Å²) in [5, 5.41) is 3.22.